The Kier molecular flexibility index (Phi) is 5.72. The van der Waals surface area contributed by atoms with E-state index in [1.54, 1.807) is 0 Å². The Morgan fingerprint density at radius 3 is 2.19 bits per heavy atom. The van der Waals surface area contributed by atoms with Gasteiger partial charge in [0.05, 0.1) is 24.9 Å². The molecule has 9 atom stereocenters. The minimum Gasteiger partial charge on any atom is -0.378 e. The molecule has 3 heteroatoms. The SMILES string of the molecule is CCC1O[C@@H](O[C@@H]2C(C)[C@H](C)OC[C@H]2C)C(C)[C@@H](C)[C@H]1C. The summed E-state index contributed by atoms with van der Waals surface area (Å²) in [5.74, 6) is 2.53. The first-order valence-electron chi connectivity index (χ1n) is 8.79. The molecule has 21 heavy (non-hydrogen) atoms. The lowest BCUT2D eigenvalue weighted by Gasteiger charge is -2.47. The molecule has 2 saturated heterocycles. The Morgan fingerprint density at radius 1 is 0.905 bits per heavy atom. The topological polar surface area (TPSA) is 27.7 Å². The monoisotopic (exact) mass is 298 g/mol. The molecule has 2 aliphatic rings. The third-order valence-electron chi connectivity index (χ3n) is 6.12. The molecule has 0 spiro atoms. The Balaban J connectivity index is 2.06. The van der Waals surface area contributed by atoms with Gasteiger partial charge in [0.1, 0.15) is 0 Å². The van der Waals surface area contributed by atoms with Crippen molar-refractivity contribution in [3.63, 3.8) is 0 Å². The van der Waals surface area contributed by atoms with Gasteiger partial charge in [-0.05, 0) is 25.2 Å². The first-order chi connectivity index (χ1) is 9.86. The lowest BCUT2D eigenvalue weighted by molar-refractivity contribution is -0.288. The van der Waals surface area contributed by atoms with E-state index < -0.39 is 0 Å². The first-order valence-corrected chi connectivity index (χ1v) is 8.79. The minimum atomic E-state index is -0.0682. The summed E-state index contributed by atoms with van der Waals surface area (Å²) in [5.41, 5.74) is 0. The van der Waals surface area contributed by atoms with E-state index in [0.717, 1.165) is 13.0 Å². The van der Waals surface area contributed by atoms with Gasteiger partial charge in [-0.25, -0.2) is 0 Å². The Hall–Kier alpha value is -0.120. The molecule has 2 rings (SSSR count). The van der Waals surface area contributed by atoms with E-state index >= 15 is 0 Å². The maximum atomic E-state index is 6.49. The van der Waals surface area contributed by atoms with Crippen LogP contribution in [0.5, 0.6) is 0 Å². The molecular formula is C18H34O3. The third-order valence-corrected chi connectivity index (χ3v) is 6.12. The highest BCUT2D eigenvalue weighted by Gasteiger charge is 2.42. The predicted octanol–water partition coefficient (Wildman–Crippen LogP) is 4.11. The van der Waals surface area contributed by atoms with Crippen LogP contribution in [0.15, 0.2) is 0 Å². The number of hydrogen-bond donors (Lipinski definition) is 0. The van der Waals surface area contributed by atoms with E-state index in [9.17, 15) is 0 Å². The van der Waals surface area contributed by atoms with Gasteiger partial charge in [0, 0.05) is 17.8 Å². The van der Waals surface area contributed by atoms with Crippen molar-refractivity contribution in [3.05, 3.63) is 0 Å². The number of ether oxygens (including phenoxy) is 3. The van der Waals surface area contributed by atoms with Crippen LogP contribution in [0.3, 0.4) is 0 Å². The fraction of sp³-hybridized carbons (Fsp3) is 1.00. The van der Waals surface area contributed by atoms with Crippen molar-refractivity contribution in [1.82, 2.24) is 0 Å². The van der Waals surface area contributed by atoms with Crippen LogP contribution < -0.4 is 0 Å². The fourth-order valence-corrected chi connectivity index (χ4v) is 3.86. The molecule has 0 saturated carbocycles. The largest absolute Gasteiger partial charge is 0.378 e. The quantitative estimate of drug-likeness (QED) is 0.785. The summed E-state index contributed by atoms with van der Waals surface area (Å²) in [6.07, 6.45) is 1.82. The highest BCUT2D eigenvalue weighted by molar-refractivity contribution is 4.86. The second kappa shape index (κ2) is 6.97. The van der Waals surface area contributed by atoms with Crippen molar-refractivity contribution in [2.45, 2.75) is 79.5 Å². The van der Waals surface area contributed by atoms with Crippen LogP contribution in [-0.2, 0) is 14.2 Å². The molecule has 2 heterocycles. The van der Waals surface area contributed by atoms with E-state index in [4.69, 9.17) is 14.2 Å². The summed E-state index contributed by atoms with van der Waals surface area (Å²) in [7, 11) is 0. The fourth-order valence-electron chi connectivity index (χ4n) is 3.86. The molecule has 0 aliphatic carbocycles. The molecule has 0 aromatic rings. The summed E-state index contributed by atoms with van der Waals surface area (Å²) in [6, 6.07) is 0. The molecule has 2 aliphatic heterocycles. The Morgan fingerprint density at radius 2 is 1.57 bits per heavy atom. The normalized spacial score (nSPS) is 51.9. The van der Waals surface area contributed by atoms with Crippen LogP contribution in [-0.4, -0.2) is 31.2 Å². The maximum Gasteiger partial charge on any atom is 0.161 e. The highest BCUT2D eigenvalue weighted by atomic mass is 16.7. The third kappa shape index (κ3) is 3.46. The summed E-state index contributed by atoms with van der Waals surface area (Å²) >= 11 is 0. The van der Waals surface area contributed by atoms with Crippen LogP contribution in [0.1, 0.15) is 54.9 Å². The van der Waals surface area contributed by atoms with Gasteiger partial charge in [-0.3, -0.25) is 0 Å². The second-order valence-electron chi connectivity index (χ2n) is 7.50. The van der Waals surface area contributed by atoms with Gasteiger partial charge in [-0.15, -0.1) is 0 Å². The molecule has 0 amide bonds. The van der Waals surface area contributed by atoms with Crippen LogP contribution >= 0.6 is 0 Å². The van der Waals surface area contributed by atoms with Crippen molar-refractivity contribution in [2.75, 3.05) is 6.61 Å². The van der Waals surface area contributed by atoms with Gasteiger partial charge in [0.2, 0.25) is 0 Å². The smallest absolute Gasteiger partial charge is 0.161 e. The highest BCUT2D eigenvalue weighted by Crippen LogP contribution is 2.39. The predicted molar refractivity (Wildman–Crippen MR) is 85.1 cm³/mol. The summed E-state index contributed by atoms with van der Waals surface area (Å²) in [5, 5.41) is 0. The van der Waals surface area contributed by atoms with Crippen molar-refractivity contribution < 1.29 is 14.2 Å². The van der Waals surface area contributed by atoms with Crippen LogP contribution in [0, 0.1) is 29.6 Å². The van der Waals surface area contributed by atoms with Crippen LogP contribution in [0.4, 0.5) is 0 Å². The molecule has 0 bridgehead atoms. The Labute approximate surface area is 130 Å². The number of rotatable bonds is 3. The van der Waals surface area contributed by atoms with E-state index in [-0.39, 0.29) is 18.5 Å². The zero-order chi connectivity index (χ0) is 15.7. The summed E-state index contributed by atoms with van der Waals surface area (Å²) in [4.78, 5) is 0. The second-order valence-corrected chi connectivity index (χ2v) is 7.50. The average Bonchev–Trinajstić information content (AvgIpc) is 2.47. The lowest BCUT2D eigenvalue weighted by atomic mass is 9.78. The molecule has 124 valence electrons. The van der Waals surface area contributed by atoms with Crippen LogP contribution in [0.25, 0.3) is 0 Å². The van der Waals surface area contributed by atoms with E-state index in [2.05, 4.69) is 48.5 Å². The molecular weight excluding hydrogens is 264 g/mol. The molecule has 3 unspecified atom stereocenters. The first kappa shape index (κ1) is 17.2. The molecule has 0 aromatic heterocycles. The maximum absolute atomic E-state index is 6.49. The molecule has 3 nitrogen and oxygen atoms in total. The van der Waals surface area contributed by atoms with E-state index in [1.807, 2.05) is 0 Å². The Bertz CT molecular complexity index is 330. The number of hydrogen-bond acceptors (Lipinski definition) is 3. The van der Waals surface area contributed by atoms with Crippen molar-refractivity contribution in [2.24, 2.45) is 29.6 Å². The van der Waals surface area contributed by atoms with E-state index in [0.29, 0.717) is 35.7 Å². The zero-order valence-corrected chi connectivity index (χ0v) is 14.8. The minimum absolute atomic E-state index is 0.0682. The van der Waals surface area contributed by atoms with Gasteiger partial charge in [-0.1, -0.05) is 41.5 Å². The van der Waals surface area contributed by atoms with Crippen molar-refractivity contribution in [1.29, 1.82) is 0 Å². The van der Waals surface area contributed by atoms with Crippen molar-refractivity contribution >= 4 is 0 Å². The van der Waals surface area contributed by atoms with Gasteiger partial charge in [0.15, 0.2) is 6.29 Å². The average molecular weight is 298 g/mol. The lowest BCUT2D eigenvalue weighted by Crippen LogP contribution is -2.51. The summed E-state index contributed by atoms with van der Waals surface area (Å²) < 4.78 is 18.6. The summed E-state index contributed by atoms with van der Waals surface area (Å²) in [6.45, 7) is 16.5. The van der Waals surface area contributed by atoms with Gasteiger partial charge < -0.3 is 14.2 Å². The van der Waals surface area contributed by atoms with Gasteiger partial charge in [-0.2, -0.15) is 0 Å². The standard InChI is InChI=1S/C18H34O3/c1-8-16-12(4)11(3)13(5)18(20-16)21-17-10(2)9-19-15(7)14(17)6/h10-18H,8-9H2,1-7H3/t10-,11+,12-,13?,14?,15+,16?,17+,18+/m1/s1. The van der Waals surface area contributed by atoms with Crippen LogP contribution in [0.2, 0.25) is 0 Å². The zero-order valence-electron chi connectivity index (χ0n) is 14.8. The molecule has 0 N–H and O–H groups in total. The van der Waals surface area contributed by atoms with E-state index in [1.165, 1.54) is 0 Å². The molecule has 2 fully saturated rings. The molecule has 0 aromatic carbocycles. The van der Waals surface area contributed by atoms with Crippen molar-refractivity contribution in [3.8, 4) is 0 Å². The van der Waals surface area contributed by atoms with Gasteiger partial charge >= 0.3 is 0 Å². The van der Waals surface area contributed by atoms with Gasteiger partial charge in [0.25, 0.3) is 0 Å². The molecule has 0 radical (unpaired) electrons.